The molecule has 1 fully saturated rings. The highest BCUT2D eigenvalue weighted by atomic mass is 35.5. The number of nitrogens with zero attached hydrogens (tertiary/aromatic N) is 4. The third-order valence-electron chi connectivity index (χ3n) is 3.69. The number of aromatic nitrogens is 3. The Kier molecular flexibility index (Phi) is 5.27. The molecule has 0 radical (unpaired) electrons. The van der Waals surface area contributed by atoms with E-state index in [2.05, 4.69) is 19.4 Å². The molecule has 0 N–H and O–H groups in total. The molecule has 0 bridgehead atoms. The molecule has 1 saturated heterocycles. The van der Waals surface area contributed by atoms with Gasteiger partial charge in [0.25, 0.3) is 0 Å². The molecule has 2 aromatic rings. The summed E-state index contributed by atoms with van der Waals surface area (Å²) in [5, 5.41) is 0.623. The fourth-order valence-corrected chi connectivity index (χ4v) is 3.91. The summed E-state index contributed by atoms with van der Waals surface area (Å²) in [6.07, 6.45) is 2.44. The minimum Gasteiger partial charge on any atom is -0.311 e. The molecule has 0 spiro atoms. The second-order valence-electron chi connectivity index (χ2n) is 5.07. The summed E-state index contributed by atoms with van der Waals surface area (Å²) >= 11 is 13.9. The van der Waals surface area contributed by atoms with E-state index in [4.69, 9.17) is 23.2 Å². The number of fused-ring (bicyclic) bond motifs is 1. The van der Waals surface area contributed by atoms with Crippen LogP contribution in [-0.2, 0) is 13.0 Å². The molecule has 0 aromatic carbocycles. The Bertz CT molecular complexity index is 610. The number of hydrogen-bond acceptors (Lipinski definition) is 4. The van der Waals surface area contributed by atoms with E-state index in [1.807, 2.05) is 17.8 Å². The van der Waals surface area contributed by atoms with Gasteiger partial charge >= 0.3 is 0 Å². The van der Waals surface area contributed by atoms with Crippen LogP contribution in [0.25, 0.3) is 11.2 Å². The zero-order valence-corrected chi connectivity index (χ0v) is 14.1. The summed E-state index contributed by atoms with van der Waals surface area (Å²) in [4.78, 5) is 11.6. The van der Waals surface area contributed by atoms with Crippen molar-refractivity contribution in [2.45, 2.75) is 13.0 Å². The number of hydrogen-bond donors (Lipinski definition) is 0. The Morgan fingerprint density at radius 1 is 1.24 bits per heavy atom. The lowest BCUT2D eigenvalue weighted by molar-refractivity contribution is 0.289. The van der Waals surface area contributed by atoms with E-state index in [9.17, 15) is 0 Å². The van der Waals surface area contributed by atoms with Crippen molar-refractivity contribution in [2.75, 3.05) is 37.0 Å². The first kappa shape index (κ1) is 15.4. The molecular formula is C14H18Cl2N4S. The van der Waals surface area contributed by atoms with Crippen molar-refractivity contribution in [3.63, 3.8) is 0 Å². The van der Waals surface area contributed by atoms with Crippen LogP contribution in [0.4, 0.5) is 0 Å². The number of pyridine rings is 1. The lowest BCUT2D eigenvalue weighted by atomic mass is 10.4. The standard InChI is InChI=1S/C14H18Cl2N4S/c15-2-1-13-18-12-9-11(16)10-17-14(12)20(13)4-3-19-5-7-21-8-6-19/h9-10H,1-8H2. The summed E-state index contributed by atoms with van der Waals surface area (Å²) in [7, 11) is 0. The predicted molar refractivity (Wildman–Crippen MR) is 90.7 cm³/mol. The van der Waals surface area contributed by atoms with E-state index < -0.39 is 0 Å². The minimum atomic E-state index is 0.567. The van der Waals surface area contributed by atoms with Crippen molar-refractivity contribution in [2.24, 2.45) is 0 Å². The maximum Gasteiger partial charge on any atom is 0.160 e. The first-order valence-corrected chi connectivity index (χ1v) is 9.21. The zero-order chi connectivity index (χ0) is 14.7. The van der Waals surface area contributed by atoms with Crippen LogP contribution in [0.1, 0.15) is 5.82 Å². The van der Waals surface area contributed by atoms with Gasteiger partial charge in [0, 0.05) is 56.2 Å². The fraction of sp³-hybridized carbons (Fsp3) is 0.571. The zero-order valence-electron chi connectivity index (χ0n) is 11.8. The summed E-state index contributed by atoms with van der Waals surface area (Å²) < 4.78 is 2.19. The van der Waals surface area contributed by atoms with Gasteiger partial charge in [-0.3, -0.25) is 4.90 Å². The molecule has 0 unspecified atom stereocenters. The second-order valence-corrected chi connectivity index (χ2v) is 7.11. The number of thioether (sulfide) groups is 1. The van der Waals surface area contributed by atoms with Crippen LogP contribution < -0.4 is 0 Å². The lowest BCUT2D eigenvalue weighted by Gasteiger charge is -2.26. The highest BCUT2D eigenvalue weighted by molar-refractivity contribution is 7.99. The molecule has 1 aliphatic heterocycles. The maximum atomic E-state index is 6.01. The SMILES string of the molecule is ClCCc1nc2cc(Cl)cnc2n1CCN1CCSCC1. The van der Waals surface area contributed by atoms with Gasteiger partial charge in [-0.25, -0.2) is 9.97 Å². The third-order valence-corrected chi connectivity index (χ3v) is 5.03. The molecule has 0 saturated carbocycles. The van der Waals surface area contributed by atoms with Crippen LogP contribution in [0.5, 0.6) is 0 Å². The van der Waals surface area contributed by atoms with Gasteiger partial charge in [-0.05, 0) is 6.07 Å². The van der Waals surface area contributed by atoms with Crippen molar-refractivity contribution in [1.82, 2.24) is 19.4 Å². The van der Waals surface area contributed by atoms with E-state index in [-0.39, 0.29) is 0 Å². The molecule has 0 amide bonds. The van der Waals surface area contributed by atoms with Crippen LogP contribution >= 0.6 is 35.0 Å². The highest BCUT2D eigenvalue weighted by Gasteiger charge is 2.15. The summed E-state index contributed by atoms with van der Waals surface area (Å²) in [5.74, 6) is 4.03. The van der Waals surface area contributed by atoms with Gasteiger partial charge in [-0.2, -0.15) is 11.8 Å². The Labute approximate surface area is 138 Å². The quantitative estimate of drug-likeness (QED) is 0.781. The molecule has 0 atom stereocenters. The summed E-state index contributed by atoms with van der Waals surface area (Å²) in [6.45, 7) is 4.27. The topological polar surface area (TPSA) is 34.0 Å². The Morgan fingerprint density at radius 3 is 2.81 bits per heavy atom. The molecule has 3 heterocycles. The predicted octanol–water partition coefficient (Wildman–Crippen LogP) is 2.91. The van der Waals surface area contributed by atoms with Gasteiger partial charge in [0.1, 0.15) is 11.3 Å². The summed E-state index contributed by atoms with van der Waals surface area (Å²) in [6, 6.07) is 1.87. The van der Waals surface area contributed by atoms with Crippen LogP contribution in [0.3, 0.4) is 0 Å². The number of rotatable bonds is 5. The Balaban J connectivity index is 1.82. The highest BCUT2D eigenvalue weighted by Crippen LogP contribution is 2.19. The van der Waals surface area contributed by atoms with Gasteiger partial charge in [-0.1, -0.05) is 11.6 Å². The van der Waals surface area contributed by atoms with Gasteiger partial charge in [-0.15, -0.1) is 11.6 Å². The lowest BCUT2D eigenvalue weighted by Crippen LogP contribution is -2.35. The molecule has 2 aromatic heterocycles. The van der Waals surface area contributed by atoms with E-state index in [1.54, 1.807) is 6.20 Å². The first-order chi connectivity index (χ1) is 10.3. The Hall–Kier alpha value is -0.490. The van der Waals surface area contributed by atoms with E-state index in [0.717, 1.165) is 36.5 Å². The minimum absolute atomic E-state index is 0.567. The maximum absolute atomic E-state index is 6.01. The van der Waals surface area contributed by atoms with Crippen molar-refractivity contribution >= 4 is 46.1 Å². The summed E-state index contributed by atoms with van der Waals surface area (Å²) in [5.41, 5.74) is 1.77. The van der Waals surface area contributed by atoms with Crippen LogP contribution in [0, 0.1) is 0 Å². The number of aryl methyl sites for hydroxylation is 1. The molecular weight excluding hydrogens is 327 g/mol. The first-order valence-electron chi connectivity index (χ1n) is 7.14. The van der Waals surface area contributed by atoms with Crippen LogP contribution in [0.2, 0.25) is 5.02 Å². The monoisotopic (exact) mass is 344 g/mol. The van der Waals surface area contributed by atoms with Gasteiger partial charge in [0.2, 0.25) is 0 Å². The van der Waals surface area contributed by atoms with Gasteiger partial charge in [0.15, 0.2) is 5.65 Å². The largest absolute Gasteiger partial charge is 0.311 e. The van der Waals surface area contributed by atoms with Crippen molar-refractivity contribution < 1.29 is 0 Å². The van der Waals surface area contributed by atoms with Crippen molar-refractivity contribution in [3.8, 4) is 0 Å². The van der Waals surface area contributed by atoms with E-state index in [1.165, 1.54) is 24.6 Å². The van der Waals surface area contributed by atoms with Crippen molar-refractivity contribution in [3.05, 3.63) is 23.1 Å². The molecule has 114 valence electrons. The van der Waals surface area contributed by atoms with Crippen molar-refractivity contribution in [1.29, 1.82) is 0 Å². The van der Waals surface area contributed by atoms with Crippen LogP contribution in [0.15, 0.2) is 12.3 Å². The second kappa shape index (κ2) is 7.18. The van der Waals surface area contributed by atoms with Crippen LogP contribution in [-0.4, -0.2) is 56.5 Å². The molecule has 1 aliphatic rings. The van der Waals surface area contributed by atoms with Gasteiger partial charge in [0.05, 0.1) is 5.02 Å². The molecule has 4 nitrogen and oxygen atoms in total. The average molecular weight is 345 g/mol. The molecule has 3 rings (SSSR count). The average Bonchev–Trinajstić information content (AvgIpc) is 2.83. The Morgan fingerprint density at radius 2 is 2.05 bits per heavy atom. The normalized spacial score (nSPS) is 16.7. The third kappa shape index (κ3) is 3.65. The molecule has 7 heteroatoms. The molecule has 0 aliphatic carbocycles. The van der Waals surface area contributed by atoms with Gasteiger partial charge < -0.3 is 4.57 Å². The number of halogens is 2. The van der Waals surface area contributed by atoms with E-state index >= 15 is 0 Å². The van der Waals surface area contributed by atoms with E-state index in [0.29, 0.717) is 10.9 Å². The molecule has 21 heavy (non-hydrogen) atoms. The smallest absolute Gasteiger partial charge is 0.160 e. The fourth-order valence-electron chi connectivity index (χ4n) is 2.61. The number of imidazole rings is 1. The number of alkyl halides is 1.